The van der Waals surface area contributed by atoms with Crippen LogP contribution in [0.25, 0.3) is 0 Å². The van der Waals surface area contributed by atoms with E-state index in [0.717, 1.165) is 11.1 Å². The second-order valence-corrected chi connectivity index (χ2v) is 5.21. The normalized spacial score (nSPS) is 12.4. The third-order valence-corrected chi connectivity index (χ3v) is 3.77. The van der Waals surface area contributed by atoms with Gasteiger partial charge in [0.15, 0.2) is 0 Å². The molecule has 1 nitrogen and oxygen atoms in total. The Kier molecular flexibility index (Phi) is 4.52. The van der Waals surface area contributed by atoms with Gasteiger partial charge in [0.25, 0.3) is 0 Å². The molecule has 2 aromatic carbocycles. The molecule has 4 heteroatoms. The van der Waals surface area contributed by atoms with E-state index in [2.05, 4.69) is 0 Å². The summed E-state index contributed by atoms with van der Waals surface area (Å²) in [6.07, 6.45) is -0.251. The van der Waals surface area contributed by atoms with Crippen LogP contribution in [0.3, 0.4) is 0 Å². The predicted octanol–water partition coefficient (Wildman–Crippen LogP) is 4.92. The third kappa shape index (κ3) is 3.18. The highest BCUT2D eigenvalue weighted by Crippen LogP contribution is 2.29. The van der Waals surface area contributed by atoms with Gasteiger partial charge in [-0.3, -0.25) is 0 Å². The highest BCUT2D eigenvalue weighted by Gasteiger charge is 2.12. The van der Waals surface area contributed by atoms with Gasteiger partial charge in [0, 0.05) is 11.4 Å². The molecule has 0 radical (unpaired) electrons. The Morgan fingerprint density at radius 1 is 1.00 bits per heavy atom. The zero-order valence-electron chi connectivity index (χ0n) is 9.41. The van der Waals surface area contributed by atoms with E-state index in [-0.39, 0.29) is 0 Å². The van der Waals surface area contributed by atoms with Gasteiger partial charge in [-0.2, -0.15) is 0 Å². The first-order chi connectivity index (χ1) is 8.58. The van der Waals surface area contributed by atoms with E-state index in [9.17, 15) is 5.11 Å². The summed E-state index contributed by atoms with van der Waals surface area (Å²) in [6, 6.07) is 12.5. The van der Waals surface area contributed by atoms with E-state index in [0.29, 0.717) is 21.5 Å². The van der Waals surface area contributed by atoms with Crippen LogP contribution in [0.2, 0.25) is 15.1 Å². The molecule has 18 heavy (non-hydrogen) atoms. The van der Waals surface area contributed by atoms with E-state index in [1.165, 1.54) is 0 Å². The van der Waals surface area contributed by atoms with E-state index < -0.39 is 6.10 Å². The van der Waals surface area contributed by atoms with Gasteiger partial charge in [0.05, 0.1) is 16.1 Å². The maximum absolute atomic E-state index is 10.2. The van der Waals surface area contributed by atoms with Crippen molar-refractivity contribution in [3.05, 3.63) is 68.7 Å². The minimum atomic E-state index is -0.653. The molecule has 2 aromatic rings. The average molecular weight is 302 g/mol. The summed E-state index contributed by atoms with van der Waals surface area (Å²) in [5.74, 6) is 0. The lowest BCUT2D eigenvalue weighted by Crippen LogP contribution is -2.02. The summed E-state index contributed by atoms with van der Waals surface area (Å²) in [5, 5.41) is 11.7. The molecule has 0 spiro atoms. The molecule has 94 valence electrons. The Labute approximate surface area is 121 Å². The molecule has 1 N–H and O–H groups in total. The molecule has 1 unspecified atom stereocenters. The summed E-state index contributed by atoms with van der Waals surface area (Å²) >= 11 is 17.9. The summed E-state index contributed by atoms with van der Waals surface area (Å²) in [4.78, 5) is 0. The molecule has 0 fully saturated rings. The Balaban J connectivity index is 2.21. The van der Waals surface area contributed by atoms with Crippen molar-refractivity contribution >= 4 is 34.8 Å². The Bertz CT molecular complexity index is 554. The first kappa shape index (κ1) is 13.7. The topological polar surface area (TPSA) is 20.2 Å². The van der Waals surface area contributed by atoms with Crippen molar-refractivity contribution in [3.63, 3.8) is 0 Å². The van der Waals surface area contributed by atoms with Crippen LogP contribution >= 0.6 is 34.8 Å². The van der Waals surface area contributed by atoms with E-state index in [1.54, 1.807) is 24.3 Å². The number of rotatable bonds is 3. The SMILES string of the molecule is OC(Cc1cccc(Cl)c1Cl)c1cccc(Cl)c1. The van der Waals surface area contributed by atoms with Crippen LogP contribution < -0.4 is 0 Å². The molecule has 0 bridgehead atoms. The molecule has 1 atom stereocenters. The lowest BCUT2D eigenvalue weighted by molar-refractivity contribution is 0.178. The number of hydrogen-bond donors (Lipinski definition) is 1. The van der Waals surface area contributed by atoms with Crippen molar-refractivity contribution in [2.24, 2.45) is 0 Å². The first-order valence-corrected chi connectivity index (χ1v) is 6.57. The molecular weight excluding hydrogens is 291 g/mol. The Hall–Kier alpha value is -0.730. The lowest BCUT2D eigenvalue weighted by atomic mass is 10.0. The van der Waals surface area contributed by atoms with Crippen molar-refractivity contribution in [2.75, 3.05) is 0 Å². The van der Waals surface area contributed by atoms with Gasteiger partial charge in [-0.05, 0) is 29.3 Å². The fourth-order valence-electron chi connectivity index (χ4n) is 1.75. The molecule has 0 aromatic heterocycles. The summed E-state index contributed by atoms with van der Waals surface area (Å²) in [7, 11) is 0. The molecule has 0 heterocycles. The van der Waals surface area contributed by atoms with Crippen LogP contribution in [0.15, 0.2) is 42.5 Å². The van der Waals surface area contributed by atoms with Crippen LogP contribution in [-0.4, -0.2) is 5.11 Å². The fourth-order valence-corrected chi connectivity index (χ4v) is 2.34. The maximum Gasteiger partial charge on any atom is 0.0831 e. The molecule has 0 saturated carbocycles. The van der Waals surface area contributed by atoms with Gasteiger partial charge in [0.2, 0.25) is 0 Å². The summed E-state index contributed by atoms with van der Waals surface area (Å²) in [6.45, 7) is 0. The van der Waals surface area contributed by atoms with Gasteiger partial charge in [-0.15, -0.1) is 0 Å². The third-order valence-electron chi connectivity index (χ3n) is 2.68. The highest BCUT2D eigenvalue weighted by molar-refractivity contribution is 6.42. The largest absolute Gasteiger partial charge is 0.388 e. The van der Waals surface area contributed by atoms with Gasteiger partial charge in [0.1, 0.15) is 0 Å². The van der Waals surface area contributed by atoms with Crippen LogP contribution in [0.5, 0.6) is 0 Å². The van der Waals surface area contributed by atoms with Crippen molar-refractivity contribution in [1.82, 2.24) is 0 Å². The van der Waals surface area contributed by atoms with Crippen molar-refractivity contribution in [3.8, 4) is 0 Å². The molecule has 0 amide bonds. The molecule has 0 saturated heterocycles. The van der Waals surface area contributed by atoms with Crippen molar-refractivity contribution in [2.45, 2.75) is 12.5 Å². The van der Waals surface area contributed by atoms with Crippen LogP contribution in [0.4, 0.5) is 0 Å². The molecule has 2 rings (SSSR count). The zero-order chi connectivity index (χ0) is 13.1. The van der Waals surface area contributed by atoms with Gasteiger partial charge < -0.3 is 5.11 Å². The highest BCUT2D eigenvalue weighted by atomic mass is 35.5. The molecule has 0 aliphatic carbocycles. The maximum atomic E-state index is 10.2. The van der Waals surface area contributed by atoms with Crippen molar-refractivity contribution in [1.29, 1.82) is 0 Å². The number of aliphatic hydroxyl groups is 1. The summed E-state index contributed by atoms with van der Waals surface area (Å²) < 4.78 is 0. The Morgan fingerprint density at radius 3 is 2.44 bits per heavy atom. The molecular formula is C14H11Cl3O. The minimum absolute atomic E-state index is 0.403. The molecule has 0 aliphatic rings. The van der Waals surface area contributed by atoms with Crippen molar-refractivity contribution < 1.29 is 5.11 Å². The van der Waals surface area contributed by atoms with Crippen LogP contribution in [0.1, 0.15) is 17.2 Å². The van der Waals surface area contributed by atoms with E-state index in [4.69, 9.17) is 34.8 Å². The van der Waals surface area contributed by atoms with Gasteiger partial charge >= 0.3 is 0 Å². The number of halogens is 3. The Morgan fingerprint density at radius 2 is 1.72 bits per heavy atom. The number of hydrogen-bond acceptors (Lipinski definition) is 1. The quantitative estimate of drug-likeness (QED) is 0.853. The van der Waals surface area contributed by atoms with E-state index >= 15 is 0 Å². The van der Waals surface area contributed by atoms with Gasteiger partial charge in [-0.25, -0.2) is 0 Å². The smallest absolute Gasteiger partial charge is 0.0831 e. The van der Waals surface area contributed by atoms with Gasteiger partial charge in [-0.1, -0.05) is 59.1 Å². The monoisotopic (exact) mass is 300 g/mol. The average Bonchev–Trinajstić information content (AvgIpc) is 2.35. The number of aliphatic hydroxyl groups excluding tert-OH is 1. The minimum Gasteiger partial charge on any atom is -0.388 e. The fraction of sp³-hybridized carbons (Fsp3) is 0.143. The van der Waals surface area contributed by atoms with Crippen LogP contribution in [-0.2, 0) is 6.42 Å². The standard InChI is InChI=1S/C14H11Cl3O/c15-11-5-1-3-9(7-11)13(18)8-10-4-2-6-12(16)14(10)17/h1-7,13,18H,8H2. The van der Waals surface area contributed by atoms with Crippen LogP contribution in [0, 0.1) is 0 Å². The second kappa shape index (κ2) is 5.94. The second-order valence-electron chi connectivity index (χ2n) is 3.99. The van der Waals surface area contributed by atoms with E-state index in [1.807, 2.05) is 18.2 Å². The lowest BCUT2D eigenvalue weighted by Gasteiger charge is -2.13. The first-order valence-electron chi connectivity index (χ1n) is 5.44. The predicted molar refractivity (Wildman–Crippen MR) is 76.6 cm³/mol. The zero-order valence-corrected chi connectivity index (χ0v) is 11.7. The number of benzene rings is 2. The summed E-state index contributed by atoms with van der Waals surface area (Å²) in [5.41, 5.74) is 1.58. The molecule has 0 aliphatic heterocycles.